The standard InChI is InChI=1S/C18H21NO3.ClH/c1-19(2)12-15-6-4-5-7-16(15)13-22-18(20)14-8-10-17(21-3)11-9-14;/h4-11H,12-13H2,1-3H3;1H. The molecule has 2 aromatic carbocycles. The van der Waals surface area contributed by atoms with E-state index in [1.54, 1.807) is 31.4 Å². The van der Waals surface area contributed by atoms with E-state index >= 15 is 0 Å². The SMILES string of the molecule is COc1ccc(C(=O)OCc2ccccc2CN(C)C)cc1.Cl. The monoisotopic (exact) mass is 335 g/mol. The third-order valence-electron chi connectivity index (χ3n) is 3.29. The molecule has 4 nitrogen and oxygen atoms in total. The number of methoxy groups -OCH3 is 1. The number of carbonyl (C=O) groups excluding carboxylic acids is 1. The van der Waals surface area contributed by atoms with Crippen molar-refractivity contribution in [1.82, 2.24) is 4.90 Å². The fourth-order valence-corrected chi connectivity index (χ4v) is 2.15. The molecule has 2 rings (SSSR count). The number of carbonyl (C=O) groups is 1. The number of nitrogens with zero attached hydrogens (tertiary/aromatic N) is 1. The lowest BCUT2D eigenvalue weighted by molar-refractivity contribution is 0.0471. The normalized spacial score (nSPS) is 10.1. The van der Waals surface area contributed by atoms with Crippen LogP contribution >= 0.6 is 12.4 Å². The second-order valence-corrected chi connectivity index (χ2v) is 5.31. The first kappa shape index (κ1) is 19.0. The molecule has 0 bridgehead atoms. The van der Waals surface area contributed by atoms with E-state index in [4.69, 9.17) is 9.47 Å². The molecule has 23 heavy (non-hydrogen) atoms. The van der Waals surface area contributed by atoms with Crippen LogP contribution in [0.15, 0.2) is 48.5 Å². The molecule has 0 spiro atoms. The maximum absolute atomic E-state index is 12.1. The van der Waals surface area contributed by atoms with Gasteiger partial charge in [0.1, 0.15) is 12.4 Å². The van der Waals surface area contributed by atoms with Gasteiger partial charge in [-0.1, -0.05) is 24.3 Å². The zero-order valence-electron chi connectivity index (χ0n) is 13.6. The molecule has 0 atom stereocenters. The van der Waals surface area contributed by atoms with Crippen molar-refractivity contribution in [2.45, 2.75) is 13.2 Å². The maximum atomic E-state index is 12.1. The second kappa shape index (κ2) is 9.18. The van der Waals surface area contributed by atoms with Gasteiger partial charge in [-0.05, 0) is 49.5 Å². The van der Waals surface area contributed by atoms with E-state index < -0.39 is 0 Å². The summed E-state index contributed by atoms with van der Waals surface area (Å²) in [5.74, 6) is 0.384. The molecule has 0 fully saturated rings. The molecule has 0 aromatic heterocycles. The minimum absolute atomic E-state index is 0. The molecule has 0 aliphatic carbocycles. The van der Waals surface area contributed by atoms with E-state index in [1.165, 1.54) is 0 Å². The van der Waals surface area contributed by atoms with Gasteiger partial charge in [-0.2, -0.15) is 0 Å². The highest BCUT2D eigenvalue weighted by Crippen LogP contribution is 2.15. The molecule has 0 saturated heterocycles. The topological polar surface area (TPSA) is 38.8 Å². The van der Waals surface area contributed by atoms with E-state index in [0.717, 1.165) is 17.7 Å². The predicted molar refractivity (Wildman–Crippen MR) is 93.2 cm³/mol. The average molecular weight is 336 g/mol. The van der Waals surface area contributed by atoms with E-state index in [0.29, 0.717) is 11.3 Å². The fraction of sp³-hybridized carbons (Fsp3) is 0.278. The number of halogens is 1. The summed E-state index contributed by atoms with van der Waals surface area (Å²) in [6.45, 7) is 1.09. The van der Waals surface area contributed by atoms with Gasteiger partial charge in [0.25, 0.3) is 0 Å². The molecule has 0 amide bonds. The van der Waals surface area contributed by atoms with Crippen molar-refractivity contribution in [3.05, 3.63) is 65.2 Å². The largest absolute Gasteiger partial charge is 0.497 e. The summed E-state index contributed by atoms with van der Waals surface area (Å²) in [6, 6.07) is 14.9. The third-order valence-corrected chi connectivity index (χ3v) is 3.29. The molecular formula is C18H22ClNO3. The maximum Gasteiger partial charge on any atom is 0.338 e. The van der Waals surface area contributed by atoms with Crippen molar-refractivity contribution >= 4 is 18.4 Å². The van der Waals surface area contributed by atoms with Crippen LogP contribution in [0.5, 0.6) is 5.75 Å². The highest BCUT2D eigenvalue weighted by atomic mass is 35.5. The van der Waals surface area contributed by atoms with Crippen LogP contribution in [0.4, 0.5) is 0 Å². The minimum Gasteiger partial charge on any atom is -0.497 e. The van der Waals surface area contributed by atoms with Crippen molar-refractivity contribution in [1.29, 1.82) is 0 Å². The summed E-state index contributed by atoms with van der Waals surface area (Å²) in [7, 11) is 5.62. The van der Waals surface area contributed by atoms with Crippen LogP contribution < -0.4 is 4.74 Å². The molecule has 0 N–H and O–H groups in total. The quantitative estimate of drug-likeness (QED) is 0.757. The first-order valence-corrected chi connectivity index (χ1v) is 7.13. The number of esters is 1. The molecule has 0 heterocycles. The van der Waals surface area contributed by atoms with Crippen LogP contribution in [0.2, 0.25) is 0 Å². The van der Waals surface area contributed by atoms with Gasteiger partial charge in [0, 0.05) is 6.54 Å². The van der Waals surface area contributed by atoms with Crippen LogP contribution in [0, 0.1) is 0 Å². The summed E-state index contributed by atoms with van der Waals surface area (Å²) < 4.78 is 10.5. The van der Waals surface area contributed by atoms with Gasteiger partial charge in [0.15, 0.2) is 0 Å². The van der Waals surface area contributed by atoms with E-state index in [2.05, 4.69) is 11.0 Å². The van der Waals surface area contributed by atoms with Gasteiger partial charge in [-0.25, -0.2) is 4.79 Å². The molecular weight excluding hydrogens is 314 g/mol. The lowest BCUT2D eigenvalue weighted by Gasteiger charge is -2.14. The lowest BCUT2D eigenvalue weighted by Crippen LogP contribution is -2.13. The summed E-state index contributed by atoms with van der Waals surface area (Å²) in [4.78, 5) is 14.2. The third kappa shape index (κ3) is 5.58. The highest BCUT2D eigenvalue weighted by molar-refractivity contribution is 5.89. The Morgan fingerprint density at radius 2 is 1.61 bits per heavy atom. The number of rotatable bonds is 6. The minimum atomic E-state index is -0.331. The van der Waals surface area contributed by atoms with E-state index in [-0.39, 0.29) is 25.0 Å². The Morgan fingerprint density at radius 3 is 2.17 bits per heavy atom. The van der Waals surface area contributed by atoms with Crippen molar-refractivity contribution in [3.63, 3.8) is 0 Å². The Labute approximate surface area is 143 Å². The summed E-state index contributed by atoms with van der Waals surface area (Å²) in [5, 5.41) is 0. The second-order valence-electron chi connectivity index (χ2n) is 5.31. The molecule has 0 aliphatic heterocycles. The van der Waals surface area contributed by atoms with Crippen molar-refractivity contribution in [2.24, 2.45) is 0 Å². The summed E-state index contributed by atoms with van der Waals surface area (Å²) in [5.41, 5.74) is 2.71. The van der Waals surface area contributed by atoms with Crippen LogP contribution in [-0.2, 0) is 17.9 Å². The Kier molecular flexibility index (Phi) is 7.59. The summed E-state index contributed by atoms with van der Waals surface area (Å²) in [6.07, 6.45) is 0. The van der Waals surface area contributed by atoms with Gasteiger partial charge < -0.3 is 14.4 Å². The first-order chi connectivity index (χ1) is 10.6. The van der Waals surface area contributed by atoms with E-state index in [9.17, 15) is 4.79 Å². The molecule has 0 saturated carbocycles. The highest BCUT2D eigenvalue weighted by Gasteiger charge is 2.09. The average Bonchev–Trinajstić information content (AvgIpc) is 2.53. The van der Waals surface area contributed by atoms with Crippen molar-refractivity contribution in [2.75, 3.05) is 21.2 Å². The number of hydrogen-bond acceptors (Lipinski definition) is 4. The number of benzene rings is 2. The van der Waals surface area contributed by atoms with Gasteiger partial charge in [-0.15, -0.1) is 12.4 Å². The predicted octanol–water partition coefficient (Wildman–Crippen LogP) is 3.54. The smallest absolute Gasteiger partial charge is 0.338 e. The molecule has 0 aliphatic rings. The number of ether oxygens (including phenoxy) is 2. The molecule has 0 radical (unpaired) electrons. The van der Waals surface area contributed by atoms with Crippen molar-refractivity contribution < 1.29 is 14.3 Å². The molecule has 5 heteroatoms. The van der Waals surface area contributed by atoms with Crippen LogP contribution in [0.1, 0.15) is 21.5 Å². The zero-order chi connectivity index (χ0) is 15.9. The Hall–Kier alpha value is -2.04. The molecule has 2 aromatic rings. The van der Waals surface area contributed by atoms with Crippen LogP contribution in [-0.4, -0.2) is 32.1 Å². The van der Waals surface area contributed by atoms with E-state index in [1.807, 2.05) is 32.3 Å². The van der Waals surface area contributed by atoms with Crippen LogP contribution in [0.3, 0.4) is 0 Å². The summed E-state index contributed by atoms with van der Waals surface area (Å²) >= 11 is 0. The molecule has 0 unspecified atom stereocenters. The zero-order valence-corrected chi connectivity index (χ0v) is 14.4. The van der Waals surface area contributed by atoms with Gasteiger partial charge >= 0.3 is 5.97 Å². The molecule has 124 valence electrons. The van der Waals surface area contributed by atoms with Gasteiger partial charge in [0.2, 0.25) is 0 Å². The van der Waals surface area contributed by atoms with Crippen LogP contribution in [0.25, 0.3) is 0 Å². The first-order valence-electron chi connectivity index (χ1n) is 7.13. The van der Waals surface area contributed by atoms with Crippen molar-refractivity contribution in [3.8, 4) is 5.75 Å². The van der Waals surface area contributed by atoms with Gasteiger partial charge in [-0.3, -0.25) is 0 Å². The fourth-order valence-electron chi connectivity index (χ4n) is 2.15. The van der Waals surface area contributed by atoms with Gasteiger partial charge in [0.05, 0.1) is 12.7 Å². The Morgan fingerprint density at radius 1 is 1.00 bits per heavy atom. The number of hydrogen-bond donors (Lipinski definition) is 0. The Bertz CT molecular complexity index is 626. The lowest BCUT2D eigenvalue weighted by atomic mass is 10.1. The Balaban J connectivity index is 0.00000264.